The summed E-state index contributed by atoms with van der Waals surface area (Å²) < 4.78 is 9.82. The highest BCUT2D eigenvalue weighted by Gasteiger charge is 2.39. The second-order valence-corrected chi connectivity index (χ2v) is 4.71. The highest BCUT2D eigenvalue weighted by Crippen LogP contribution is 2.25. The maximum atomic E-state index is 12.3. The van der Waals surface area contributed by atoms with Crippen LogP contribution in [-0.2, 0) is 19.1 Å². The number of esters is 1. The molecule has 7 heteroatoms. The van der Waals surface area contributed by atoms with E-state index in [2.05, 4.69) is 10.1 Å². The molecule has 0 aromatic heterocycles. The number of rotatable bonds is 6. The van der Waals surface area contributed by atoms with Gasteiger partial charge in [-0.1, -0.05) is 0 Å². The van der Waals surface area contributed by atoms with E-state index in [1.54, 1.807) is 24.3 Å². The van der Waals surface area contributed by atoms with Crippen LogP contribution in [0.5, 0.6) is 5.75 Å². The molecule has 1 atom stereocenters. The molecule has 1 N–H and O–H groups in total. The van der Waals surface area contributed by atoms with Crippen LogP contribution in [0.2, 0.25) is 0 Å². The third kappa shape index (κ3) is 3.43. The number of nitrogens with zero attached hydrogens (tertiary/aromatic N) is 1. The molecule has 0 saturated carbocycles. The summed E-state index contributed by atoms with van der Waals surface area (Å²) in [4.78, 5) is 36.5. The third-order valence-electron chi connectivity index (χ3n) is 3.27. The molecule has 1 heterocycles. The minimum atomic E-state index is -0.710. The summed E-state index contributed by atoms with van der Waals surface area (Å²) in [6, 6.07) is 6.01. The maximum absolute atomic E-state index is 12.3. The van der Waals surface area contributed by atoms with Gasteiger partial charge < -0.3 is 9.47 Å². The fourth-order valence-corrected chi connectivity index (χ4v) is 2.20. The molecule has 2 rings (SSSR count). The average molecular weight is 306 g/mol. The number of amides is 2. The summed E-state index contributed by atoms with van der Waals surface area (Å²) in [6.07, 6.45) is 0.0169. The zero-order valence-corrected chi connectivity index (χ0v) is 12.5. The molecule has 1 aromatic rings. The minimum Gasteiger partial charge on any atom is -0.494 e. The van der Waals surface area contributed by atoms with Crippen molar-refractivity contribution in [3.8, 4) is 5.75 Å². The number of carbonyl (C=O) groups excluding carboxylic acids is 3. The Morgan fingerprint density at radius 2 is 2.00 bits per heavy atom. The van der Waals surface area contributed by atoms with E-state index in [-0.39, 0.29) is 24.8 Å². The van der Waals surface area contributed by atoms with Gasteiger partial charge in [-0.2, -0.15) is 0 Å². The summed E-state index contributed by atoms with van der Waals surface area (Å²) in [5, 5.41) is 2.73. The van der Waals surface area contributed by atoms with Crippen LogP contribution in [0, 0.1) is 0 Å². The molecule has 0 radical (unpaired) electrons. The van der Waals surface area contributed by atoms with Crippen LogP contribution in [0.1, 0.15) is 13.3 Å². The second kappa shape index (κ2) is 7.04. The van der Waals surface area contributed by atoms with Gasteiger partial charge in [0.25, 0.3) is 5.91 Å². The van der Waals surface area contributed by atoms with Crippen LogP contribution in [0.15, 0.2) is 24.3 Å². The number of anilines is 1. The Kier molecular flexibility index (Phi) is 5.11. The standard InChI is InChI=1S/C15H18N2O5/c1-3-22-11-6-4-10(5-7-11)17-13(18)8-12(15(17)20)16-9-14(19)21-2/h4-7,12,16H,3,8-9H2,1-2H3/t12-/m1/s1. The van der Waals surface area contributed by atoms with Crippen LogP contribution in [-0.4, -0.2) is 44.1 Å². The molecule has 1 saturated heterocycles. The minimum absolute atomic E-state index is 0.0169. The number of ether oxygens (including phenoxy) is 2. The Hall–Kier alpha value is -2.41. The van der Waals surface area contributed by atoms with Crippen molar-refractivity contribution in [1.29, 1.82) is 0 Å². The van der Waals surface area contributed by atoms with Crippen LogP contribution in [0.25, 0.3) is 0 Å². The molecule has 1 aliphatic rings. The first kappa shape index (κ1) is 16.0. The van der Waals surface area contributed by atoms with Crippen LogP contribution in [0.3, 0.4) is 0 Å². The highest BCUT2D eigenvalue weighted by atomic mass is 16.5. The van der Waals surface area contributed by atoms with Crippen molar-refractivity contribution in [2.45, 2.75) is 19.4 Å². The summed E-state index contributed by atoms with van der Waals surface area (Å²) in [7, 11) is 1.26. The molecule has 0 spiro atoms. The quantitative estimate of drug-likeness (QED) is 0.608. The van der Waals surface area contributed by atoms with E-state index in [1.807, 2.05) is 6.92 Å². The van der Waals surface area contributed by atoms with E-state index in [9.17, 15) is 14.4 Å². The van der Waals surface area contributed by atoms with E-state index in [1.165, 1.54) is 7.11 Å². The zero-order chi connectivity index (χ0) is 16.1. The highest BCUT2D eigenvalue weighted by molar-refractivity contribution is 6.22. The van der Waals surface area contributed by atoms with Crippen molar-refractivity contribution in [3.63, 3.8) is 0 Å². The van der Waals surface area contributed by atoms with Gasteiger partial charge in [0, 0.05) is 0 Å². The van der Waals surface area contributed by atoms with Crippen LogP contribution in [0.4, 0.5) is 5.69 Å². The molecule has 1 aromatic carbocycles. The van der Waals surface area contributed by atoms with E-state index in [4.69, 9.17) is 4.74 Å². The largest absolute Gasteiger partial charge is 0.494 e. The molecule has 1 fully saturated rings. The number of hydrogen-bond acceptors (Lipinski definition) is 6. The monoisotopic (exact) mass is 306 g/mol. The molecule has 0 aliphatic carbocycles. The van der Waals surface area contributed by atoms with Crippen molar-refractivity contribution in [3.05, 3.63) is 24.3 Å². The van der Waals surface area contributed by atoms with Gasteiger partial charge in [-0.25, -0.2) is 4.90 Å². The molecule has 1 aliphatic heterocycles. The van der Waals surface area contributed by atoms with Gasteiger partial charge in [0.1, 0.15) is 5.75 Å². The number of hydrogen-bond donors (Lipinski definition) is 1. The van der Waals surface area contributed by atoms with Gasteiger partial charge in [0.05, 0.1) is 38.4 Å². The Bertz CT molecular complexity index is 570. The van der Waals surface area contributed by atoms with Gasteiger partial charge in [-0.15, -0.1) is 0 Å². The molecule has 0 unspecified atom stereocenters. The maximum Gasteiger partial charge on any atom is 0.319 e. The number of nitrogens with one attached hydrogen (secondary N) is 1. The van der Waals surface area contributed by atoms with Gasteiger partial charge in [-0.3, -0.25) is 19.7 Å². The molecular formula is C15H18N2O5. The normalized spacial score (nSPS) is 17.7. The fraction of sp³-hybridized carbons (Fsp3) is 0.400. The van der Waals surface area contributed by atoms with Crippen LogP contribution >= 0.6 is 0 Å². The zero-order valence-electron chi connectivity index (χ0n) is 12.5. The molecule has 2 amide bonds. The van der Waals surface area contributed by atoms with Gasteiger partial charge in [0.15, 0.2) is 0 Å². The first-order valence-electron chi connectivity index (χ1n) is 6.96. The van der Waals surface area contributed by atoms with Crippen molar-refractivity contribution >= 4 is 23.5 Å². The van der Waals surface area contributed by atoms with E-state index in [0.717, 1.165) is 4.90 Å². The molecule has 118 valence electrons. The number of methoxy groups -OCH3 is 1. The smallest absolute Gasteiger partial charge is 0.319 e. The number of carbonyl (C=O) groups is 3. The summed E-state index contributed by atoms with van der Waals surface area (Å²) >= 11 is 0. The van der Waals surface area contributed by atoms with E-state index in [0.29, 0.717) is 18.0 Å². The average Bonchev–Trinajstić information content (AvgIpc) is 2.80. The topological polar surface area (TPSA) is 84.9 Å². The Morgan fingerprint density at radius 3 is 2.59 bits per heavy atom. The van der Waals surface area contributed by atoms with Gasteiger partial charge in [-0.05, 0) is 31.2 Å². The first-order valence-corrected chi connectivity index (χ1v) is 6.96. The molecule has 7 nitrogen and oxygen atoms in total. The Labute approximate surface area is 128 Å². The number of imide groups is 1. The van der Waals surface area contributed by atoms with Crippen LogP contribution < -0.4 is 15.0 Å². The van der Waals surface area contributed by atoms with Crippen molar-refractivity contribution < 1.29 is 23.9 Å². The molecular weight excluding hydrogens is 288 g/mol. The SMILES string of the molecule is CCOc1ccc(N2C(=O)C[C@@H](NCC(=O)OC)C2=O)cc1. The fourth-order valence-electron chi connectivity index (χ4n) is 2.20. The first-order chi connectivity index (χ1) is 10.6. The van der Waals surface area contributed by atoms with Crippen molar-refractivity contribution in [2.24, 2.45) is 0 Å². The summed E-state index contributed by atoms with van der Waals surface area (Å²) in [5.74, 6) is -0.500. The second-order valence-electron chi connectivity index (χ2n) is 4.71. The third-order valence-corrected chi connectivity index (χ3v) is 3.27. The lowest BCUT2D eigenvalue weighted by Crippen LogP contribution is -2.41. The summed E-state index contributed by atoms with van der Waals surface area (Å²) in [6.45, 7) is 2.30. The molecule has 22 heavy (non-hydrogen) atoms. The Morgan fingerprint density at radius 1 is 1.32 bits per heavy atom. The van der Waals surface area contributed by atoms with Crippen molar-refractivity contribution in [2.75, 3.05) is 25.2 Å². The van der Waals surface area contributed by atoms with Gasteiger partial charge in [0.2, 0.25) is 5.91 Å². The lowest BCUT2D eigenvalue weighted by atomic mass is 10.2. The van der Waals surface area contributed by atoms with Gasteiger partial charge >= 0.3 is 5.97 Å². The van der Waals surface area contributed by atoms with E-state index >= 15 is 0 Å². The predicted octanol–water partition coefficient (Wildman–Crippen LogP) is 0.480. The lowest BCUT2D eigenvalue weighted by molar-refractivity contribution is -0.139. The lowest BCUT2D eigenvalue weighted by Gasteiger charge is -2.15. The predicted molar refractivity (Wildman–Crippen MR) is 78.5 cm³/mol. The van der Waals surface area contributed by atoms with E-state index < -0.39 is 12.0 Å². The van der Waals surface area contributed by atoms with Crippen molar-refractivity contribution in [1.82, 2.24) is 5.32 Å². The summed E-state index contributed by atoms with van der Waals surface area (Å²) in [5.41, 5.74) is 0.487. The molecule has 0 bridgehead atoms. The number of benzene rings is 1. The Balaban J connectivity index is 2.06.